The van der Waals surface area contributed by atoms with Gasteiger partial charge < -0.3 is 14.4 Å². The van der Waals surface area contributed by atoms with Crippen molar-refractivity contribution in [3.63, 3.8) is 0 Å². The fourth-order valence-electron chi connectivity index (χ4n) is 3.44. The lowest BCUT2D eigenvalue weighted by atomic mass is 10.1. The van der Waals surface area contributed by atoms with Crippen LogP contribution in [0.25, 0.3) is 5.69 Å². The molecule has 0 bridgehead atoms. The van der Waals surface area contributed by atoms with Crippen LogP contribution in [0.3, 0.4) is 0 Å². The van der Waals surface area contributed by atoms with Crippen molar-refractivity contribution in [2.24, 2.45) is 5.92 Å². The van der Waals surface area contributed by atoms with E-state index < -0.39 is 5.97 Å². The van der Waals surface area contributed by atoms with E-state index in [-0.39, 0.29) is 24.1 Å². The molecule has 0 saturated heterocycles. The highest BCUT2D eigenvalue weighted by molar-refractivity contribution is 5.99. The van der Waals surface area contributed by atoms with Crippen molar-refractivity contribution in [3.8, 4) is 11.4 Å². The van der Waals surface area contributed by atoms with Gasteiger partial charge in [-0.05, 0) is 29.7 Å². The first kappa shape index (κ1) is 20.7. The van der Waals surface area contributed by atoms with Crippen LogP contribution in [0.5, 0.6) is 5.75 Å². The zero-order valence-electron chi connectivity index (χ0n) is 17.9. The van der Waals surface area contributed by atoms with E-state index in [1.807, 2.05) is 56.3 Å². The van der Waals surface area contributed by atoms with Crippen LogP contribution >= 0.6 is 0 Å². The van der Waals surface area contributed by atoms with E-state index in [1.54, 1.807) is 28.9 Å². The van der Waals surface area contributed by atoms with Gasteiger partial charge in [-0.3, -0.25) is 9.36 Å². The zero-order chi connectivity index (χ0) is 22.0. The maximum atomic E-state index is 13.0. The van der Waals surface area contributed by atoms with Gasteiger partial charge in [-0.25, -0.2) is 9.78 Å². The normalized spacial score (nSPS) is 12.9. The fourth-order valence-corrected chi connectivity index (χ4v) is 3.44. The SMILES string of the molecule is CC(C)COC(=O)c1ncn2c1CN(C)C(=O)c1cc(OCc3ccccc3)ccc1-2. The van der Waals surface area contributed by atoms with Gasteiger partial charge in [-0.15, -0.1) is 0 Å². The molecule has 0 N–H and O–H groups in total. The third kappa shape index (κ3) is 4.30. The van der Waals surface area contributed by atoms with Gasteiger partial charge in [0.15, 0.2) is 5.69 Å². The second-order valence-corrected chi connectivity index (χ2v) is 8.02. The van der Waals surface area contributed by atoms with Crippen LogP contribution in [0.4, 0.5) is 0 Å². The first-order chi connectivity index (χ1) is 14.9. The van der Waals surface area contributed by atoms with E-state index in [4.69, 9.17) is 9.47 Å². The largest absolute Gasteiger partial charge is 0.489 e. The lowest BCUT2D eigenvalue weighted by Gasteiger charge is -2.15. The van der Waals surface area contributed by atoms with Crippen molar-refractivity contribution in [2.45, 2.75) is 27.0 Å². The molecular weight excluding hydrogens is 394 g/mol. The van der Waals surface area contributed by atoms with Crippen LogP contribution in [-0.2, 0) is 17.9 Å². The highest BCUT2D eigenvalue weighted by Crippen LogP contribution is 2.29. The molecule has 0 saturated carbocycles. The van der Waals surface area contributed by atoms with E-state index in [0.717, 1.165) is 5.56 Å². The molecule has 0 atom stereocenters. The Hall–Kier alpha value is -3.61. The Bertz CT molecular complexity index is 1110. The minimum atomic E-state index is -0.477. The van der Waals surface area contributed by atoms with Gasteiger partial charge in [-0.2, -0.15) is 0 Å². The van der Waals surface area contributed by atoms with E-state index >= 15 is 0 Å². The lowest BCUT2D eigenvalue weighted by molar-refractivity contribution is 0.0449. The third-order valence-corrected chi connectivity index (χ3v) is 5.05. The fraction of sp³-hybridized carbons (Fsp3) is 0.292. The van der Waals surface area contributed by atoms with Gasteiger partial charge in [0.05, 0.1) is 30.1 Å². The van der Waals surface area contributed by atoms with Crippen LogP contribution in [-0.4, -0.2) is 40.0 Å². The van der Waals surface area contributed by atoms with E-state index in [0.29, 0.717) is 35.9 Å². The zero-order valence-corrected chi connectivity index (χ0v) is 17.9. The van der Waals surface area contributed by atoms with Gasteiger partial charge in [0.1, 0.15) is 18.7 Å². The molecule has 31 heavy (non-hydrogen) atoms. The molecule has 1 aliphatic rings. The summed E-state index contributed by atoms with van der Waals surface area (Å²) < 4.78 is 13.0. The predicted molar refractivity (Wildman–Crippen MR) is 115 cm³/mol. The summed E-state index contributed by atoms with van der Waals surface area (Å²) >= 11 is 0. The lowest BCUT2D eigenvalue weighted by Crippen LogP contribution is -2.26. The van der Waals surface area contributed by atoms with Crippen molar-refractivity contribution in [3.05, 3.63) is 77.4 Å². The number of benzene rings is 2. The minimum Gasteiger partial charge on any atom is -0.489 e. The van der Waals surface area contributed by atoms with Gasteiger partial charge >= 0.3 is 5.97 Å². The van der Waals surface area contributed by atoms with Crippen molar-refractivity contribution < 1.29 is 19.1 Å². The van der Waals surface area contributed by atoms with Crippen molar-refractivity contribution in [1.82, 2.24) is 14.5 Å². The Labute approximate surface area is 181 Å². The number of carbonyl (C=O) groups is 2. The first-order valence-electron chi connectivity index (χ1n) is 10.2. The maximum absolute atomic E-state index is 13.0. The molecule has 160 valence electrons. The van der Waals surface area contributed by atoms with Crippen LogP contribution in [0.2, 0.25) is 0 Å². The molecule has 0 unspecified atom stereocenters. The molecule has 0 spiro atoms. The van der Waals surface area contributed by atoms with Gasteiger partial charge in [0, 0.05) is 7.05 Å². The van der Waals surface area contributed by atoms with Crippen LogP contribution in [0.1, 0.15) is 46.0 Å². The molecule has 3 aromatic rings. The van der Waals surface area contributed by atoms with Crippen LogP contribution in [0, 0.1) is 5.92 Å². The molecule has 0 aliphatic carbocycles. The minimum absolute atomic E-state index is 0.148. The third-order valence-electron chi connectivity index (χ3n) is 5.05. The summed E-state index contributed by atoms with van der Waals surface area (Å²) in [5, 5.41) is 0. The van der Waals surface area contributed by atoms with Crippen LogP contribution < -0.4 is 4.74 Å². The maximum Gasteiger partial charge on any atom is 0.358 e. The van der Waals surface area contributed by atoms with E-state index in [1.165, 1.54) is 0 Å². The standard InChI is InChI=1S/C24H25N3O4/c1-16(2)13-31-24(29)22-21-12-26(3)23(28)19-11-18(9-10-20(19)27(21)15-25-22)30-14-17-7-5-4-6-8-17/h4-11,15-16H,12-14H2,1-3H3. The number of nitrogens with zero attached hydrogens (tertiary/aromatic N) is 3. The van der Waals surface area contributed by atoms with E-state index in [2.05, 4.69) is 4.98 Å². The van der Waals surface area contributed by atoms with E-state index in [9.17, 15) is 9.59 Å². The second-order valence-electron chi connectivity index (χ2n) is 8.02. The summed E-state index contributed by atoms with van der Waals surface area (Å²) in [6, 6.07) is 15.2. The Balaban J connectivity index is 1.64. The average molecular weight is 419 g/mol. The Morgan fingerprint density at radius 3 is 2.68 bits per heavy atom. The summed E-state index contributed by atoms with van der Waals surface area (Å²) in [5.74, 6) is 0.203. The number of amides is 1. The summed E-state index contributed by atoms with van der Waals surface area (Å²) in [4.78, 5) is 31.5. The molecule has 7 heteroatoms. The summed E-state index contributed by atoms with van der Waals surface area (Å²) in [6.07, 6.45) is 1.57. The molecule has 1 aliphatic heterocycles. The smallest absolute Gasteiger partial charge is 0.358 e. The van der Waals surface area contributed by atoms with Gasteiger partial charge in [0.25, 0.3) is 5.91 Å². The number of fused-ring (bicyclic) bond motifs is 3. The monoisotopic (exact) mass is 419 g/mol. The molecule has 7 nitrogen and oxygen atoms in total. The highest BCUT2D eigenvalue weighted by atomic mass is 16.5. The molecule has 0 fully saturated rings. The molecule has 0 radical (unpaired) electrons. The van der Waals surface area contributed by atoms with Gasteiger partial charge in [-0.1, -0.05) is 44.2 Å². The first-order valence-corrected chi connectivity index (χ1v) is 10.2. The number of hydrogen-bond acceptors (Lipinski definition) is 5. The highest BCUT2D eigenvalue weighted by Gasteiger charge is 2.29. The second kappa shape index (κ2) is 8.63. The van der Waals surface area contributed by atoms with Crippen molar-refractivity contribution in [2.75, 3.05) is 13.7 Å². The number of hydrogen-bond donors (Lipinski definition) is 0. The number of esters is 1. The number of ether oxygens (including phenoxy) is 2. The molecule has 2 heterocycles. The molecule has 2 aromatic carbocycles. The Morgan fingerprint density at radius 2 is 1.94 bits per heavy atom. The molecule has 1 aromatic heterocycles. The predicted octanol–water partition coefficient (Wildman–Crippen LogP) is 3.85. The number of carbonyl (C=O) groups excluding carboxylic acids is 2. The van der Waals surface area contributed by atoms with Crippen LogP contribution in [0.15, 0.2) is 54.9 Å². The topological polar surface area (TPSA) is 73.7 Å². The number of rotatable bonds is 6. The molecule has 4 rings (SSSR count). The summed E-state index contributed by atoms with van der Waals surface area (Å²) in [5.41, 5.74) is 3.05. The summed E-state index contributed by atoms with van der Waals surface area (Å²) in [7, 11) is 1.70. The van der Waals surface area contributed by atoms with Crippen molar-refractivity contribution >= 4 is 11.9 Å². The van der Waals surface area contributed by atoms with Gasteiger partial charge in [0.2, 0.25) is 0 Å². The Morgan fingerprint density at radius 1 is 1.16 bits per heavy atom. The summed E-state index contributed by atoms with van der Waals surface area (Å²) in [6.45, 7) is 4.92. The Kier molecular flexibility index (Phi) is 5.75. The number of aromatic nitrogens is 2. The average Bonchev–Trinajstić information content (AvgIpc) is 3.15. The molecule has 1 amide bonds. The number of imidazole rings is 1. The molecular formula is C24H25N3O4. The van der Waals surface area contributed by atoms with Crippen molar-refractivity contribution in [1.29, 1.82) is 0 Å². The quantitative estimate of drug-likeness (QED) is 0.568.